The molecule has 3 rings (SSSR count). The Bertz CT molecular complexity index is 1100. The van der Waals surface area contributed by atoms with E-state index in [1.807, 2.05) is 36.4 Å². The van der Waals surface area contributed by atoms with Crippen molar-refractivity contribution in [1.29, 1.82) is 0 Å². The molecule has 37 heavy (non-hydrogen) atoms. The van der Waals surface area contributed by atoms with Gasteiger partial charge >= 0.3 is 12.2 Å². The maximum atomic E-state index is 12.7. The van der Waals surface area contributed by atoms with Crippen molar-refractivity contribution in [1.82, 2.24) is 16.0 Å². The average Bonchev–Trinajstić information content (AvgIpc) is 3.17. The molecule has 8 heteroatoms. The van der Waals surface area contributed by atoms with Crippen LogP contribution in [0.2, 0.25) is 0 Å². The van der Waals surface area contributed by atoms with Gasteiger partial charge in [0.05, 0.1) is 6.54 Å². The molecule has 2 aromatic rings. The highest BCUT2D eigenvalue weighted by Crippen LogP contribution is 2.44. The average molecular weight is 506 g/mol. The van der Waals surface area contributed by atoms with Crippen LogP contribution in [0.25, 0.3) is 11.1 Å². The first kappa shape index (κ1) is 27.6. The van der Waals surface area contributed by atoms with E-state index < -0.39 is 23.8 Å². The smallest absolute Gasteiger partial charge is 0.407 e. The highest BCUT2D eigenvalue weighted by atomic mass is 16.6. The van der Waals surface area contributed by atoms with Crippen LogP contribution < -0.4 is 16.0 Å². The molecule has 1 atom stereocenters. The Morgan fingerprint density at radius 3 is 2.16 bits per heavy atom. The number of rotatable bonds is 10. The number of benzene rings is 2. The Balaban J connectivity index is 1.53. The molecule has 0 bridgehead atoms. The molecule has 196 valence electrons. The molecule has 0 spiro atoms. The maximum Gasteiger partial charge on any atom is 0.407 e. The molecule has 1 aliphatic rings. The number of amides is 3. The summed E-state index contributed by atoms with van der Waals surface area (Å²) in [4.78, 5) is 37.1. The van der Waals surface area contributed by atoms with Crippen LogP contribution in [0, 0.1) is 12.3 Å². The summed E-state index contributed by atoms with van der Waals surface area (Å²) < 4.78 is 10.8. The lowest BCUT2D eigenvalue weighted by Crippen LogP contribution is -2.47. The molecule has 3 N–H and O–H groups in total. The summed E-state index contributed by atoms with van der Waals surface area (Å²) in [5.74, 6) is 1.90. The van der Waals surface area contributed by atoms with Crippen molar-refractivity contribution in [2.75, 3.05) is 19.7 Å². The third kappa shape index (κ3) is 8.01. The molecule has 0 fully saturated rings. The zero-order valence-corrected chi connectivity index (χ0v) is 21.6. The second kappa shape index (κ2) is 12.8. The van der Waals surface area contributed by atoms with Gasteiger partial charge in [0.15, 0.2) is 0 Å². The number of alkyl carbamates (subject to hydrolysis) is 2. The van der Waals surface area contributed by atoms with E-state index in [1.54, 1.807) is 20.8 Å². The Hall–Kier alpha value is -3.99. The normalized spacial score (nSPS) is 12.9. The predicted molar refractivity (Wildman–Crippen MR) is 142 cm³/mol. The number of carbonyl (C=O) groups excluding carboxylic acids is 3. The van der Waals surface area contributed by atoms with Crippen molar-refractivity contribution in [3.63, 3.8) is 0 Å². The molecule has 0 aromatic heterocycles. The van der Waals surface area contributed by atoms with Crippen molar-refractivity contribution in [2.24, 2.45) is 0 Å². The van der Waals surface area contributed by atoms with E-state index in [0.29, 0.717) is 25.8 Å². The van der Waals surface area contributed by atoms with Gasteiger partial charge in [-0.2, -0.15) is 0 Å². The fourth-order valence-electron chi connectivity index (χ4n) is 4.29. The number of ether oxygens (including phenoxy) is 2. The minimum absolute atomic E-state index is 0.0574. The molecule has 0 saturated carbocycles. The summed E-state index contributed by atoms with van der Waals surface area (Å²) in [7, 11) is 0. The van der Waals surface area contributed by atoms with Gasteiger partial charge in [-0.25, -0.2) is 9.59 Å². The largest absolute Gasteiger partial charge is 0.449 e. The fourth-order valence-corrected chi connectivity index (χ4v) is 4.29. The molecule has 0 radical (unpaired) electrons. The lowest BCUT2D eigenvalue weighted by Gasteiger charge is -2.20. The number of fused-ring (bicyclic) bond motifs is 3. The minimum Gasteiger partial charge on any atom is -0.449 e. The Morgan fingerprint density at radius 2 is 1.57 bits per heavy atom. The zero-order valence-electron chi connectivity index (χ0n) is 21.6. The van der Waals surface area contributed by atoms with Crippen LogP contribution in [0.5, 0.6) is 0 Å². The lowest BCUT2D eigenvalue weighted by atomic mass is 9.98. The standard InChI is InChI=1S/C29H35N3O5/c1-5-17-30-26(33)25(16-10-11-18-31-27(34)37-29(2,3)4)32-28(35)36-19-24-22-14-8-6-12-20(22)21-13-7-9-15-23(21)24/h1,6-9,12-15,24-25H,10-11,16-19H2,2-4H3,(H,30,33)(H,31,34)(H,32,35). The quantitative estimate of drug-likeness (QED) is 0.329. The van der Waals surface area contributed by atoms with Crippen molar-refractivity contribution >= 4 is 18.1 Å². The van der Waals surface area contributed by atoms with Crippen LogP contribution in [0.15, 0.2) is 48.5 Å². The number of carbonyl (C=O) groups is 3. The highest BCUT2D eigenvalue weighted by Gasteiger charge is 2.29. The number of hydrogen-bond donors (Lipinski definition) is 3. The summed E-state index contributed by atoms with van der Waals surface area (Å²) >= 11 is 0. The Morgan fingerprint density at radius 1 is 0.946 bits per heavy atom. The van der Waals surface area contributed by atoms with Gasteiger partial charge in [-0.3, -0.25) is 4.79 Å². The monoisotopic (exact) mass is 505 g/mol. The van der Waals surface area contributed by atoms with Gasteiger partial charge in [-0.1, -0.05) is 54.5 Å². The topological polar surface area (TPSA) is 106 Å². The molecule has 0 aliphatic heterocycles. The summed E-state index contributed by atoms with van der Waals surface area (Å²) in [6.07, 6.45) is 5.63. The van der Waals surface area contributed by atoms with E-state index in [4.69, 9.17) is 15.9 Å². The lowest BCUT2D eigenvalue weighted by molar-refractivity contribution is -0.123. The molecule has 0 saturated heterocycles. The Kier molecular flexibility index (Phi) is 9.56. The van der Waals surface area contributed by atoms with E-state index >= 15 is 0 Å². The van der Waals surface area contributed by atoms with Crippen LogP contribution in [0.1, 0.15) is 57.1 Å². The molecule has 8 nitrogen and oxygen atoms in total. The molecule has 2 aromatic carbocycles. The predicted octanol–water partition coefficient (Wildman–Crippen LogP) is 4.34. The SMILES string of the molecule is C#CCNC(=O)C(CCCCNC(=O)OC(C)(C)C)NC(=O)OCC1c2ccccc2-c2ccccc21. The highest BCUT2D eigenvalue weighted by molar-refractivity contribution is 5.86. The minimum atomic E-state index is -0.814. The van der Waals surface area contributed by atoms with E-state index in [-0.39, 0.29) is 25.0 Å². The summed E-state index contributed by atoms with van der Waals surface area (Å²) in [5.41, 5.74) is 3.92. The van der Waals surface area contributed by atoms with Gasteiger partial charge < -0.3 is 25.4 Å². The molecule has 1 unspecified atom stereocenters. The second-order valence-electron chi connectivity index (χ2n) is 9.87. The molecular formula is C29H35N3O5. The first-order valence-corrected chi connectivity index (χ1v) is 12.5. The van der Waals surface area contributed by atoms with E-state index in [9.17, 15) is 14.4 Å². The second-order valence-corrected chi connectivity index (χ2v) is 9.87. The van der Waals surface area contributed by atoms with Crippen LogP contribution in [0.3, 0.4) is 0 Å². The van der Waals surface area contributed by atoms with Gasteiger partial charge in [0, 0.05) is 12.5 Å². The van der Waals surface area contributed by atoms with Crippen LogP contribution >= 0.6 is 0 Å². The summed E-state index contributed by atoms with van der Waals surface area (Å²) in [6.45, 7) is 5.97. The van der Waals surface area contributed by atoms with Crippen LogP contribution in [0.4, 0.5) is 9.59 Å². The molecule has 3 amide bonds. The first-order valence-electron chi connectivity index (χ1n) is 12.5. The van der Waals surface area contributed by atoms with Crippen LogP contribution in [-0.4, -0.2) is 49.4 Å². The van der Waals surface area contributed by atoms with Crippen LogP contribution in [-0.2, 0) is 14.3 Å². The van der Waals surface area contributed by atoms with Crippen molar-refractivity contribution in [3.05, 3.63) is 59.7 Å². The van der Waals surface area contributed by atoms with Crippen molar-refractivity contribution in [2.45, 2.75) is 57.6 Å². The van der Waals surface area contributed by atoms with Crippen molar-refractivity contribution < 1.29 is 23.9 Å². The van der Waals surface area contributed by atoms with Gasteiger partial charge in [0.2, 0.25) is 5.91 Å². The third-order valence-electron chi connectivity index (χ3n) is 5.90. The molecule has 0 heterocycles. The number of hydrogen-bond acceptors (Lipinski definition) is 5. The first-order chi connectivity index (χ1) is 17.7. The van der Waals surface area contributed by atoms with E-state index in [2.05, 4.69) is 34.0 Å². The maximum absolute atomic E-state index is 12.7. The molecule has 1 aliphatic carbocycles. The van der Waals surface area contributed by atoms with Gasteiger partial charge in [0.25, 0.3) is 0 Å². The van der Waals surface area contributed by atoms with E-state index in [1.165, 1.54) is 0 Å². The van der Waals surface area contributed by atoms with Gasteiger partial charge in [-0.15, -0.1) is 6.42 Å². The van der Waals surface area contributed by atoms with E-state index in [0.717, 1.165) is 22.3 Å². The number of unbranched alkanes of at least 4 members (excludes halogenated alkanes) is 1. The summed E-state index contributed by atoms with van der Waals surface area (Å²) in [6, 6.07) is 15.3. The zero-order chi connectivity index (χ0) is 26.8. The Labute approximate surface area is 218 Å². The number of terminal acetylenes is 1. The summed E-state index contributed by atoms with van der Waals surface area (Å²) in [5, 5.41) is 7.97. The van der Waals surface area contributed by atoms with Crippen molar-refractivity contribution in [3.8, 4) is 23.5 Å². The van der Waals surface area contributed by atoms with Gasteiger partial charge in [0.1, 0.15) is 18.2 Å². The molecular weight excluding hydrogens is 470 g/mol. The van der Waals surface area contributed by atoms with Gasteiger partial charge in [-0.05, 0) is 62.3 Å². The third-order valence-corrected chi connectivity index (χ3v) is 5.90. The number of nitrogens with one attached hydrogen (secondary N) is 3. The fraction of sp³-hybridized carbons (Fsp3) is 0.414.